The zero-order valence-electron chi connectivity index (χ0n) is 14.4. The van der Waals surface area contributed by atoms with Crippen LogP contribution in [-0.2, 0) is 22.5 Å². The average Bonchev–Trinajstić information content (AvgIpc) is 3.15. The van der Waals surface area contributed by atoms with Crippen molar-refractivity contribution in [1.82, 2.24) is 15.1 Å². The third-order valence-corrected chi connectivity index (χ3v) is 4.37. The Morgan fingerprint density at radius 3 is 2.76 bits per heavy atom. The first kappa shape index (κ1) is 17.4. The second-order valence-corrected chi connectivity index (χ2v) is 6.20. The highest BCUT2D eigenvalue weighted by Gasteiger charge is 2.16. The summed E-state index contributed by atoms with van der Waals surface area (Å²) in [4.78, 5) is 24.1. The van der Waals surface area contributed by atoms with Crippen LogP contribution in [-0.4, -0.2) is 34.9 Å². The highest BCUT2D eigenvalue weighted by atomic mass is 16.5. The highest BCUT2D eigenvalue weighted by molar-refractivity contribution is 5.75. The number of benzene rings is 1. The van der Waals surface area contributed by atoms with Crippen LogP contribution in [0.5, 0.6) is 0 Å². The van der Waals surface area contributed by atoms with Gasteiger partial charge in [0.15, 0.2) is 0 Å². The summed E-state index contributed by atoms with van der Waals surface area (Å²) in [5, 5.41) is 7.14. The third kappa shape index (κ3) is 4.54. The monoisotopic (exact) mass is 341 g/mol. The van der Waals surface area contributed by atoms with E-state index in [0.717, 1.165) is 31.4 Å². The first-order valence-electron chi connectivity index (χ1n) is 8.71. The maximum Gasteiger partial charge on any atom is 0.267 e. The largest absolute Gasteiger partial charge is 0.376 e. The van der Waals surface area contributed by atoms with E-state index in [4.69, 9.17) is 4.74 Å². The normalized spacial score (nSPS) is 16.8. The van der Waals surface area contributed by atoms with Gasteiger partial charge in [0.05, 0.1) is 11.8 Å². The second-order valence-electron chi connectivity index (χ2n) is 6.20. The number of nitrogens with one attached hydrogen (secondary N) is 1. The molecule has 0 radical (unpaired) electrons. The molecule has 0 unspecified atom stereocenters. The maximum absolute atomic E-state index is 12.1. The van der Waals surface area contributed by atoms with Gasteiger partial charge in [0.1, 0.15) is 6.54 Å². The van der Waals surface area contributed by atoms with E-state index in [1.807, 2.05) is 24.3 Å². The van der Waals surface area contributed by atoms with E-state index in [2.05, 4.69) is 17.3 Å². The van der Waals surface area contributed by atoms with Crippen molar-refractivity contribution in [3.8, 4) is 11.3 Å². The Balaban J connectivity index is 1.68. The summed E-state index contributed by atoms with van der Waals surface area (Å²) in [6, 6.07) is 11.2. The second kappa shape index (κ2) is 8.07. The Hall–Kier alpha value is -2.47. The molecule has 132 valence electrons. The number of amides is 1. The quantitative estimate of drug-likeness (QED) is 0.869. The lowest BCUT2D eigenvalue weighted by Crippen LogP contribution is -2.37. The van der Waals surface area contributed by atoms with Gasteiger partial charge in [-0.25, -0.2) is 4.68 Å². The van der Waals surface area contributed by atoms with E-state index >= 15 is 0 Å². The van der Waals surface area contributed by atoms with E-state index < -0.39 is 0 Å². The number of ether oxygens (including phenoxy) is 1. The van der Waals surface area contributed by atoms with Gasteiger partial charge in [-0.2, -0.15) is 5.10 Å². The number of aromatic nitrogens is 2. The van der Waals surface area contributed by atoms with Gasteiger partial charge in [0.2, 0.25) is 5.91 Å². The van der Waals surface area contributed by atoms with Crippen molar-refractivity contribution in [1.29, 1.82) is 0 Å². The van der Waals surface area contributed by atoms with Gasteiger partial charge in [-0.05, 0) is 30.9 Å². The van der Waals surface area contributed by atoms with Gasteiger partial charge < -0.3 is 10.1 Å². The molecule has 1 N–H and O–H groups in total. The smallest absolute Gasteiger partial charge is 0.267 e. The molecular weight excluding hydrogens is 318 g/mol. The first-order valence-corrected chi connectivity index (χ1v) is 8.71. The molecule has 6 heteroatoms. The van der Waals surface area contributed by atoms with E-state index in [-0.39, 0.29) is 24.1 Å². The molecule has 1 saturated heterocycles. The molecule has 1 aromatic carbocycles. The van der Waals surface area contributed by atoms with Crippen molar-refractivity contribution in [2.45, 2.75) is 38.8 Å². The van der Waals surface area contributed by atoms with E-state index in [1.54, 1.807) is 6.07 Å². The van der Waals surface area contributed by atoms with Crippen LogP contribution in [0, 0.1) is 0 Å². The Bertz CT molecular complexity index is 777. The molecule has 0 saturated carbocycles. The summed E-state index contributed by atoms with van der Waals surface area (Å²) in [5.41, 5.74) is 2.55. The average molecular weight is 341 g/mol. The Morgan fingerprint density at radius 1 is 1.28 bits per heavy atom. The maximum atomic E-state index is 12.1. The molecule has 0 spiro atoms. The number of nitrogens with zero attached hydrogens (tertiary/aromatic N) is 2. The number of carbonyl (C=O) groups is 1. The van der Waals surface area contributed by atoms with Crippen LogP contribution < -0.4 is 10.9 Å². The van der Waals surface area contributed by atoms with Crippen molar-refractivity contribution >= 4 is 5.91 Å². The topological polar surface area (TPSA) is 73.2 Å². The van der Waals surface area contributed by atoms with Crippen LogP contribution in [0.15, 0.2) is 41.2 Å². The molecular formula is C19H23N3O3. The highest BCUT2D eigenvalue weighted by Crippen LogP contribution is 2.16. The first-order chi connectivity index (χ1) is 12.2. The van der Waals surface area contributed by atoms with Crippen LogP contribution in [0.4, 0.5) is 0 Å². The summed E-state index contributed by atoms with van der Waals surface area (Å²) >= 11 is 0. The molecule has 2 heterocycles. The zero-order chi connectivity index (χ0) is 17.6. The van der Waals surface area contributed by atoms with Gasteiger partial charge in [-0.15, -0.1) is 0 Å². The van der Waals surface area contributed by atoms with Gasteiger partial charge in [-0.3, -0.25) is 9.59 Å². The summed E-state index contributed by atoms with van der Waals surface area (Å²) in [6.07, 6.45) is 3.04. The molecule has 0 aliphatic carbocycles. The molecule has 6 nitrogen and oxygen atoms in total. The fourth-order valence-electron chi connectivity index (χ4n) is 2.85. The predicted molar refractivity (Wildman–Crippen MR) is 95.3 cm³/mol. The van der Waals surface area contributed by atoms with Crippen molar-refractivity contribution in [3.05, 3.63) is 52.3 Å². The molecule has 1 aliphatic heterocycles. The fraction of sp³-hybridized carbons (Fsp3) is 0.421. The molecule has 1 amide bonds. The van der Waals surface area contributed by atoms with Crippen molar-refractivity contribution in [3.63, 3.8) is 0 Å². The molecule has 1 atom stereocenters. The number of carbonyl (C=O) groups excluding carboxylic acids is 1. The van der Waals surface area contributed by atoms with Gasteiger partial charge in [0.25, 0.3) is 5.56 Å². The Labute approximate surface area is 146 Å². The van der Waals surface area contributed by atoms with E-state index in [9.17, 15) is 9.59 Å². The standard InChI is InChI=1S/C19H23N3O3/c1-2-14-5-7-15(8-6-14)17-9-10-19(24)22(21-17)13-18(23)20-12-16-4-3-11-25-16/h5-10,16H,2-4,11-13H2,1H3,(H,20,23)/t16-/m1/s1. The lowest BCUT2D eigenvalue weighted by Gasteiger charge is -2.11. The molecule has 0 bridgehead atoms. The lowest BCUT2D eigenvalue weighted by atomic mass is 10.1. The minimum Gasteiger partial charge on any atom is -0.376 e. The molecule has 2 aromatic rings. The molecule has 1 fully saturated rings. The van der Waals surface area contributed by atoms with Crippen LogP contribution in [0.3, 0.4) is 0 Å². The van der Waals surface area contributed by atoms with Crippen LogP contribution in [0.1, 0.15) is 25.3 Å². The lowest BCUT2D eigenvalue weighted by molar-refractivity contribution is -0.122. The van der Waals surface area contributed by atoms with Crippen LogP contribution >= 0.6 is 0 Å². The van der Waals surface area contributed by atoms with Crippen molar-refractivity contribution in [2.24, 2.45) is 0 Å². The van der Waals surface area contributed by atoms with Gasteiger partial charge in [-0.1, -0.05) is 31.2 Å². The third-order valence-electron chi connectivity index (χ3n) is 4.37. The number of aryl methyl sites for hydroxylation is 1. The van der Waals surface area contributed by atoms with Gasteiger partial charge >= 0.3 is 0 Å². The SMILES string of the molecule is CCc1ccc(-c2ccc(=O)n(CC(=O)NC[C@H]3CCCO3)n2)cc1. The molecule has 1 aliphatic rings. The predicted octanol–water partition coefficient (Wildman–Crippen LogP) is 1.77. The number of hydrogen-bond acceptors (Lipinski definition) is 4. The minimum absolute atomic E-state index is 0.0806. The summed E-state index contributed by atoms with van der Waals surface area (Å²) in [5.74, 6) is -0.233. The molecule has 25 heavy (non-hydrogen) atoms. The van der Waals surface area contributed by atoms with Crippen molar-refractivity contribution < 1.29 is 9.53 Å². The Morgan fingerprint density at radius 2 is 2.08 bits per heavy atom. The van der Waals surface area contributed by atoms with Crippen molar-refractivity contribution in [2.75, 3.05) is 13.2 Å². The van der Waals surface area contributed by atoms with E-state index in [1.165, 1.54) is 16.3 Å². The fourth-order valence-corrected chi connectivity index (χ4v) is 2.85. The molecule has 1 aromatic heterocycles. The summed E-state index contributed by atoms with van der Waals surface area (Å²) in [6.45, 7) is 3.24. The van der Waals surface area contributed by atoms with Crippen LogP contribution in [0.2, 0.25) is 0 Å². The number of rotatable bonds is 6. The minimum atomic E-state index is -0.291. The van der Waals surface area contributed by atoms with E-state index in [0.29, 0.717) is 12.2 Å². The summed E-state index contributed by atoms with van der Waals surface area (Å²) in [7, 11) is 0. The molecule has 3 rings (SSSR count). The van der Waals surface area contributed by atoms with Crippen LogP contribution in [0.25, 0.3) is 11.3 Å². The van der Waals surface area contributed by atoms with Gasteiger partial charge in [0, 0.05) is 24.8 Å². The zero-order valence-corrected chi connectivity index (χ0v) is 14.4. The summed E-state index contributed by atoms with van der Waals surface area (Å²) < 4.78 is 6.68. The Kier molecular flexibility index (Phi) is 5.60. The number of hydrogen-bond donors (Lipinski definition) is 1.